The number of urea groups is 1. The first-order chi connectivity index (χ1) is 9.81. The van der Waals surface area contributed by atoms with Gasteiger partial charge in [0.15, 0.2) is 9.84 Å². The molecule has 7 heteroatoms. The second-order valence-corrected chi connectivity index (χ2v) is 8.94. The average Bonchev–Trinajstić information content (AvgIpc) is 2.64. The number of carbonyl (C=O) groups excluding carboxylic acids is 1. The van der Waals surface area contributed by atoms with E-state index in [1.807, 2.05) is 7.05 Å². The van der Waals surface area contributed by atoms with Crippen molar-refractivity contribution < 1.29 is 13.2 Å². The van der Waals surface area contributed by atoms with E-state index in [1.54, 1.807) is 4.90 Å². The number of rotatable bonds is 2. The molecule has 2 atom stereocenters. The predicted molar refractivity (Wildman–Crippen MR) is 83.0 cm³/mol. The molecule has 2 rings (SSSR count). The Bertz CT molecular complexity index is 478. The molecule has 2 aliphatic heterocycles. The van der Waals surface area contributed by atoms with Gasteiger partial charge < -0.3 is 15.1 Å². The maximum atomic E-state index is 12.3. The third-order valence-electron chi connectivity index (χ3n) is 4.51. The minimum Gasteiger partial charge on any atom is -0.338 e. The molecule has 0 unspecified atom stereocenters. The number of nitrogens with zero attached hydrogens (tertiary/aromatic N) is 2. The van der Waals surface area contributed by atoms with Gasteiger partial charge in [0, 0.05) is 32.2 Å². The molecule has 0 saturated carbocycles. The number of sulfone groups is 1. The first-order valence-electron chi connectivity index (χ1n) is 7.76. The van der Waals surface area contributed by atoms with Crippen molar-refractivity contribution in [1.29, 1.82) is 0 Å². The van der Waals surface area contributed by atoms with E-state index in [0.717, 1.165) is 6.42 Å². The van der Waals surface area contributed by atoms with Crippen LogP contribution in [0.15, 0.2) is 0 Å². The van der Waals surface area contributed by atoms with Crippen LogP contribution >= 0.6 is 0 Å². The van der Waals surface area contributed by atoms with E-state index in [0.29, 0.717) is 38.5 Å². The van der Waals surface area contributed by atoms with E-state index in [4.69, 9.17) is 0 Å². The molecular weight excluding hydrogens is 290 g/mol. The summed E-state index contributed by atoms with van der Waals surface area (Å²) in [6.45, 7) is 6.52. The van der Waals surface area contributed by atoms with Gasteiger partial charge in [-0.25, -0.2) is 13.2 Å². The van der Waals surface area contributed by atoms with Gasteiger partial charge in [0.05, 0.1) is 11.0 Å². The SMILES string of the molecule is CC(C)CNC(=O)N1CC[C@@H]2[C@H](CC1)N(C)CCS2(=O)=O. The van der Waals surface area contributed by atoms with Gasteiger partial charge in [-0.2, -0.15) is 0 Å². The smallest absolute Gasteiger partial charge is 0.317 e. The predicted octanol–water partition coefficient (Wildman–Crippen LogP) is 0.545. The summed E-state index contributed by atoms with van der Waals surface area (Å²) in [6, 6.07) is -0.0194. The van der Waals surface area contributed by atoms with Crippen LogP contribution < -0.4 is 5.32 Å². The standard InChI is InChI=1S/C14H27N3O3S/c1-11(2)10-15-14(18)17-6-4-12-13(5-7-17)21(19,20)9-8-16(12)3/h11-13H,4-10H2,1-3H3,(H,15,18)/t12-,13+/m0/s1. The monoisotopic (exact) mass is 317 g/mol. The van der Waals surface area contributed by atoms with Gasteiger partial charge in [-0.3, -0.25) is 0 Å². The number of hydrogen-bond acceptors (Lipinski definition) is 4. The lowest BCUT2D eigenvalue weighted by Gasteiger charge is -2.37. The van der Waals surface area contributed by atoms with Crippen molar-refractivity contribution >= 4 is 15.9 Å². The van der Waals surface area contributed by atoms with Crippen molar-refractivity contribution in [1.82, 2.24) is 15.1 Å². The Morgan fingerprint density at radius 1 is 1.24 bits per heavy atom. The quantitative estimate of drug-likeness (QED) is 0.807. The van der Waals surface area contributed by atoms with E-state index in [2.05, 4.69) is 24.1 Å². The van der Waals surface area contributed by atoms with Crippen LogP contribution in [0.4, 0.5) is 4.79 Å². The largest absolute Gasteiger partial charge is 0.338 e. The molecule has 0 radical (unpaired) electrons. The Kier molecular flexibility index (Phi) is 5.14. The lowest BCUT2D eigenvalue weighted by atomic mass is 10.1. The van der Waals surface area contributed by atoms with Gasteiger partial charge >= 0.3 is 6.03 Å². The highest BCUT2D eigenvalue weighted by atomic mass is 32.2. The average molecular weight is 317 g/mol. The summed E-state index contributed by atoms with van der Waals surface area (Å²) in [5.74, 6) is 0.652. The van der Waals surface area contributed by atoms with Crippen LogP contribution in [0, 0.1) is 5.92 Å². The zero-order chi connectivity index (χ0) is 15.6. The Balaban J connectivity index is 2.02. The molecular formula is C14H27N3O3S. The molecule has 2 heterocycles. The Morgan fingerprint density at radius 3 is 2.57 bits per heavy atom. The molecule has 2 amide bonds. The van der Waals surface area contributed by atoms with E-state index in [1.165, 1.54) is 0 Å². The normalized spacial score (nSPS) is 29.8. The summed E-state index contributed by atoms with van der Waals surface area (Å²) in [5.41, 5.74) is 0. The van der Waals surface area contributed by atoms with Gasteiger partial charge in [0.1, 0.15) is 0 Å². The van der Waals surface area contributed by atoms with Crippen molar-refractivity contribution in [3.8, 4) is 0 Å². The first-order valence-corrected chi connectivity index (χ1v) is 9.47. The molecule has 1 N–H and O–H groups in total. The molecule has 0 aromatic rings. The number of nitrogens with one attached hydrogen (secondary N) is 1. The van der Waals surface area contributed by atoms with E-state index < -0.39 is 9.84 Å². The van der Waals surface area contributed by atoms with E-state index in [-0.39, 0.29) is 23.1 Å². The third kappa shape index (κ3) is 3.88. The highest BCUT2D eigenvalue weighted by molar-refractivity contribution is 7.92. The summed E-state index contributed by atoms with van der Waals surface area (Å²) in [4.78, 5) is 16.1. The van der Waals surface area contributed by atoms with Gasteiger partial charge in [-0.15, -0.1) is 0 Å². The first kappa shape index (κ1) is 16.5. The third-order valence-corrected chi connectivity index (χ3v) is 6.74. The van der Waals surface area contributed by atoms with E-state index >= 15 is 0 Å². The second kappa shape index (κ2) is 6.52. The van der Waals surface area contributed by atoms with Crippen molar-refractivity contribution in [2.45, 2.75) is 38.0 Å². The van der Waals surface area contributed by atoms with Crippen LogP contribution in [0.25, 0.3) is 0 Å². The fourth-order valence-corrected chi connectivity index (χ4v) is 5.31. The fraction of sp³-hybridized carbons (Fsp3) is 0.929. The zero-order valence-electron chi connectivity index (χ0n) is 13.2. The molecule has 2 fully saturated rings. The lowest BCUT2D eigenvalue weighted by Crippen LogP contribution is -2.52. The van der Waals surface area contributed by atoms with Gasteiger partial charge in [0.2, 0.25) is 0 Å². The van der Waals surface area contributed by atoms with Crippen LogP contribution in [-0.2, 0) is 9.84 Å². The molecule has 0 spiro atoms. The summed E-state index contributed by atoms with van der Waals surface area (Å²) >= 11 is 0. The number of hydrogen-bond donors (Lipinski definition) is 1. The van der Waals surface area contributed by atoms with Crippen LogP contribution in [0.2, 0.25) is 0 Å². The maximum Gasteiger partial charge on any atom is 0.317 e. The van der Waals surface area contributed by atoms with Crippen molar-refractivity contribution in [3.05, 3.63) is 0 Å². The molecule has 0 aliphatic carbocycles. The van der Waals surface area contributed by atoms with Gasteiger partial charge in [-0.05, 0) is 25.8 Å². The van der Waals surface area contributed by atoms with Crippen LogP contribution in [0.1, 0.15) is 26.7 Å². The molecule has 122 valence electrons. The summed E-state index contributed by atoms with van der Waals surface area (Å²) in [5, 5.41) is 2.60. The molecule has 0 aromatic carbocycles. The fourth-order valence-electron chi connectivity index (χ4n) is 3.18. The molecule has 0 bridgehead atoms. The van der Waals surface area contributed by atoms with Crippen LogP contribution in [0.5, 0.6) is 0 Å². The Hall–Kier alpha value is -0.820. The summed E-state index contributed by atoms with van der Waals surface area (Å²) in [7, 11) is -1.03. The molecule has 21 heavy (non-hydrogen) atoms. The molecule has 6 nitrogen and oxygen atoms in total. The maximum absolute atomic E-state index is 12.3. The van der Waals surface area contributed by atoms with Crippen LogP contribution in [0.3, 0.4) is 0 Å². The highest BCUT2D eigenvalue weighted by Gasteiger charge is 2.41. The second-order valence-electron chi connectivity index (χ2n) is 6.60. The minimum atomic E-state index is -3.01. The van der Waals surface area contributed by atoms with Crippen molar-refractivity contribution in [2.75, 3.05) is 39.0 Å². The highest BCUT2D eigenvalue weighted by Crippen LogP contribution is 2.26. The van der Waals surface area contributed by atoms with Gasteiger partial charge in [0.25, 0.3) is 0 Å². The van der Waals surface area contributed by atoms with Crippen LogP contribution in [-0.4, -0.2) is 74.5 Å². The molecule has 2 aliphatic rings. The van der Waals surface area contributed by atoms with Crippen molar-refractivity contribution in [3.63, 3.8) is 0 Å². The Labute approximate surface area is 127 Å². The zero-order valence-corrected chi connectivity index (χ0v) is 14.0. The number of likely N-dealkylation sites (tertiary alicyclic amines) is 1. The molecule has 0 aromatic heterocycles. The number of amides is 2. The van der Waals surface area contributed by atoms with E-state index in [9.17, 15) is 13.2 Å². The molecule has 2 saturated heterocycles. The number of fused-ring (bicyclic) bond motifs is 1. The lowest BCUT2D eigenvalue weighted by molar-refractivity contribution is 0.193. The summed E-state index contributed by atoms with van der Waals surface area (Å²) < 4.78 is 24.5. The van der Waals surface area contributed by atoms with Gasteiger partial charge in [-0.1, -0.05) is 13.8 Å². The van der Waals surface area contributed by atoms with Crippen molar-refractivity contribution in [2.24, 2.45) is 5.92 Å². The summed E-state index contributed by atoms with van der Waals surface area (Å²) in [6.07, 6.45) is 1.28. The topological polar surface area (TPSA) is 69.7 Å². The number of carbonyl (C=O) groups is 1. The minimum absolute atomic E-state index is 0.0478. The Morgan fingerprint density at radius 2 is 1.90 bits per heavy atom.